The van der Waals surface area contributed by atoms with Crippen molar-refractivity contribution in [1.29, 1.82) is 0 Å². The molecule has 4 heteroatoms. The molecule has 0 atom stereocenters. The third kappa shape index (κ3) is 4.28. The van der Waals surface area contributed by atoms with Crippen LogP contribution in [0.15, 0.2) is 182 Å². The van der Waals surface area contributed by atoms with Crippen molar-refractivity contribution in [2.45, 2.75) is 0 Å². The van der Waals surface area contributed by atoms with Crippen molar-refractivity contribution < 1.29 is 0 Å². The Morgan fingerprint density at radius 1 is 0.327 bits per heavy atom. The quantitative estimate of drug-likeness (QED) is 0.188. The van der Waals surface area contributed by atoms with Crippen LogP contribution in [0, 0.1) is 0 Å². The minimum atomic E-state index is 0.875. The van der Waals surface area contributed by atoms with Crippen molar-refractivity contribution in [1.82, 2.24) is 19.1 Å². The lowest BCUT2D eigenvalue weighted by Gasteiger charge is -2.13. The number of hydrogen-bond acceptors (Lipinski definition) is 2. The summed E-state index contributed by atoms with van der Waals surface area (Å²) in [5, 5.41) is 7.46. The summed E-state index contributed by atoms with van der Waals surface area (Å²) >= 11 is 0. The molecule has 242 valence electrons. The molecule has 11 aromatic rings. The highest BCUT2D eigenvalue weighted by Gasteiger charge is 2.20. The van der Waals surface area contributed by atoms with Gasteiger partial charge in [-0.1, -0.05) is 127 Å². The predicted molar refractivity (Wildman–Crippen MR) is 217 cm³/mol. The maximum Gasteiger partial charge on any atom is 0.0973 e. The van der Waals surface area contributed by atoms with Crippen LogP contribution in [-0.4, -0.2) is 19.1 Å². The van der Waals surface area contributed by atoms with E-state index in [1.165, 1.54) is 54.4 Å². The van der Waals surface area contributed by atoms with Crippen LogP contribution in [0.1, 0.15) is 0 Å². The zero-order valence-electron chi connectivity index (χ0n) is 28.1. The van der Waals surface area contributed by atoms with E-state index in [1.54, 1.807) is 0 Å². The number of para-hydroxylation sites is 4. The molecule has 8 aromatic carbocycles. The third-order valence-electron chi connectivity index (χ3n) is 10.5. The fourth-order valence-corrected chi connectivity index (χ4v) is 8.13. The van der Waals surface area contributed by atoms with Crippen molar-refractivity contribution in [2.24, 2.45) is 0 Å². The fraction of sp³-hybridized carbons (Fsp3) is 0. The largest absolute Gasteiger partial charge is 0.309 e. The van der Waals surface area contributed by atoms with Crippen LogP contribution in [0.2, 0.25) is 0 Å². The van der Waals surface area contributed by atoms with Crippen LogP contribution >= 0.6 is 0 Å². The van der Waals surface area contributed by atoms with E-state index < -0.39 is 0 Å². The summed E-state index contributed by atoms with van der Waals surface area (Å²) in [7, 11) is 0. The second-order valence-electron chi connectivity index (χ2n) is 13.4. The second-order valence-corrected chi connectivity index (χ2v) is 13.4. The van der Waals surface area contributed by atoms with Gasteiger partial charge in [0, 0.05) is 49.4 Å². The van der Waals surface area contributed by atoms with Gasteiger partial charge in [0.25, 0.3) is 0 Å². The molecule has 0 saturated heterocycles. The van der Waals surface area contributed by atoms with Gasteiger partial charge in [0.15, 0.2) is 0 Å². The average Bonchev–Trinajstić information content (AvgIpc) is 3.72. The van der Waals surface area contributed by atoms with E-state index in [0.29, 0.717) is 0 Å². The summed E-state index contributed by atoms with van der Waals surface area (Å²) in [6.45, 7) is 0. The van der Waals surface area contributed by atoms with Gasteiger partial charge in [-0.2, -0.15) is 0 Å². The molecule has 0 unspecified atom stereocenters. The number of nitrogens with zero attached hydrogens (tertiary/aromatic N) is 4. The SMILES string of the molecule is c1ccc(-c2nc3ccccc3nc2-c2ccc(-n3c4ccccc4c4cc5c6ccc7ccccc7c6n(-c6ccccc6)c5cc43)cc2)cc1. The van der Waals surface area contributed by atoms with Crippen molar-refractivity contribution in [3.05, 3.63) is 182 Å². The third-order valence-corrected chi connectivity index (χ3v) is 10.5. The first-order chi connectivity index (χ1) is 25.8. The van der Waals surface area contributed by atoms with Crippen LogP contribution in [0.25, 0.3) is 99.3 Å². The molecule has 0 fully saturated rings. The van der Waals surface area contributed by atoms with E-state index in [9.17, 15) is 0 Å². The minimum Gasteiger partial charge on any atom is -0.309 e. The van der Waals surface area contributed by atoms with Gasteiger partial charge in [-0.25, -0.2) is 9.97 Å². The van der Waals surface area contributed by atoms with Gasteiger partial charge >= 0.3 is 0 Å². The number of benzene rings is 8. The Morgan fingerprint density at radius 3 is 1.63 bits per heavy atom. The summed E-state index contributed by atoms with van der Waals surface area (Å²) in [4.78, 5) is 10.3. The van der Waals surface area contributed by atoms with Gasteiger partial charge in [0.2, 0.25) is 0 Å². The number of aromatic nitrogens is 4. The molecule has 0 radical (unpaired) electrons. The summed E-state index contributed by atoms with van der Waals surface area (Å²) in [5.41, 5.74) is 12.6. The molecule has 3 aromatic heterocycles. The van der Waals surface area contributed by atoms with Crippen molar-refractivity contribution in [3.63, 3.8) is 0 Å². The molecule has 3 heterocycles. The van der Waals surface area contributed by atoms with E-state index in [0.717, 1.165) is 44.9 Å². The normalized spacial score (nSPS) is 11.8. The summed E-state index contributed by atoms with van der Waals surface area (Å²) in [6, 6.07) is 64.8. The Labute approximate surface area is 299 Å². The molecule has 0 bridgehead atoms. The second kappa shape index (κ2) is 11.2. The smallest absolute Gasteiger partial charge is 0.0973 e. The van der Waals surface area contributed by atoms with Gasteiger partial charge < -0.3 is 9.13 Å². The Hall–Kier alpha value is -7.04. The maximum atomic E-state index is 5.16. The average molecular weight is 663 g/mol. The van der Waals surface area contributed by atoms with Gasteiger partial charge in [-0.05, 0) is 60.0 Å². The Balaban J connectivity index is 1.16. The van der Waals surface area contributed by atoms with Crippen molar-refractivity contribution in [3.8, 4) is 33.9 Å². The van der Waals surface area contributed by atoms with E-state index in [4.69, 9.17) is 9.97 Å². The fourth-order valence-electron chi connectivity index (χ4n) is 8.13. The Morgan fingerprint density at radius 2 is 0.885 bits per heavy atom. The lowest BCUT2D eigenvalue weighted by molar-refractivity contribution is 1.17. The molecule has 4 nitrogen and oxygen atoms in total. The highest BCUT2D eigenvalue weighted by molar-refractivity contribution is 6.23. The lowest BCUT2D eigenvalue weighted by atomic mass is 10.0. The van der Waals surface area contributed by atoms with Crippen LogP contribution in [0.5, 0.6) is 0 Å². The molecule has 0 aliphatic heterocycles. The molecule has 0 aliphatic carbocycles. The standard InChI is InChI=1S/C48H30N4/c1-3-14-32(15-4-1)46-47(50-42-21-11-10-20-41(42)49-46)33-23-26-35(27-24-33)51-43-22-12-9-19-37(43)39-29-40-38-28-25-31-13-7-8-18-36(31)48(38)52(45(40)30-44(39)51)34-16-5-2-6-17-34/h1-30H. The molecule has 52 heavy (non-hydrogen) atoms. The molecular weight excluding hydrogens is 633 g/mol. The van der Waals surface area contributed by atoms with E-state index >= 15 is 0 Å². The number of rotatable bonds is 4. The first kappa shape index (κ1) is 28.8. The first-order valence-corrected chi connectivity index (χ1v) is 17.7. The number of hydrogen-bond donors (Lipinski definition) is 0. The first-order valence-electron chi connectivity index (χ1n) is 17.7. The number of fused-ring (bicyclic) bond motifs is 9. The topological polar surface area (TPSA) is 35.6 Å². The van der Waals surface area contributed by atoms with E-state index in [-0.39, 0.29) is 0 Å². The highest BCUT2D eigenvalue weighted by atomic mass is 15.0. The van der Waals surface area contributed by atoms with Gasteiger partial charge in [-0.3, -0.25) is 0 Å². The van der Waals surface area contributed by atoms with Gasteiger partial charge in [0.05, 0.1) is 44.5 Å². The molecule has 11 rings (SSSR count). The van der Waals surface area contributed by atoms with E-state index in [1.807, 2.05) is 30.3 Å². The molecule has 0 aliphatic rings. The molecule has 0 amide bonds. The zero-order valence-corrected chi connectivity index (χ0v) is 28.1. The minimum absolute atomic E-state index is 0.875. The highest BCUT2D eigenvalue weighted by Crippen LogP contribution is 2.42. The Bertz CT molecular complexity index is 3160. The van der Waals surface area contributed by atoms with Crippen molar-refractivity contribution in [2.75, 3.05) is 0 Å². The summed E-state index contributed by atoms with van der Waals surface area (Å²) in [5.74, 6) is 0. The van der Waals surface area contributed by atoms with Crippen molar-refractivity contribution >= 4 is 65.4 Å². The zero-order chi connectivity index (χ0) is 34.2. The van der Waals surface area contributed by atoms with Crippen LogP contribution in [-0.2, 0) is 0 Å². The van der Waals surface area contributed by atoms with Crippen LogP contribution in [0.3, 0.4) is 0 Å². The van der Waals surface area contributed by atoms with E-state index in [2.05, 4.69) is 161 Å². The van der Waals surface area contributed by atoms with Gasteiger partial charge in [0.1, 0.15) is 0 Å². The predicted octanol–water partition coefficient (Wildman–Crippen LogP) is 12.3. The summed E-state index contributed by atoms with van der Waals surface area (Å²) in [6.07, 6.45) is 0. The summed E-state index contributed by atoms with van der Waals surface area (Å²) < 4.78 is 4.85. The molecular formula is C48H30N4. The molecule has 0 spiro atoms. The van der Waals surface area contributed by atoms with Crippen LogP contribution < -0.4 is 0 Å². The van der Waals surface area contributed by atoms with Gasteiger partial charge in [-0.15, -0.1) is 0 Å². The lowest BCUT2D eigenvalue weighted by Crippen LogP contribution is -1.97. The monoisotopic (exact) mass is 662 g/mol. The maximum absolute atomic E-state index is 5.16. The molecule has 0 saturated carbocycles. The Kier molecular flexibility index (Phi) is 6.22. The van der Waals surface area contributed by atoms with Crippen LogP contribution in [0.4, 0.5) is 0 Å². The molecule has 0 N–H and O–H groups in total.